The van der Waals surface area contributed by atoms with Gasteiger partial charge in [-0.15, -0.1) is 0 Å². The molecule has 0 aromatic heterocycles. The molecule has 1 aliphatic heterocycles. The van der Waals surface area contributed by atoms with Crippen molar-refractivity contribution in [3.63, 3.8) is 0 Å². The fourth-order valence-corrected chi connectivity index (χ4v) is 2.54. The molecule has 0 bridgehead atoms. The molecule has 3 rings (SSSR count). The molecule has 1 heterocycles. The summed E-state index contributed by atoms with van der Waals surface area (Å²) >= 11 is 0. The molecule has 0 aliphatic carbocycles. The number of rotatable bonds is 2. The monoisotopic (exact) mass is 293 g/mol. The average Bonchev–Trinajstić information content (AvgIpc) is 2.53. The molecule has 0 spiro atoms. The Labute approximate surface area is 126 Å². The number of allylic oxidation sites excluding steroid dienone is 1. The summed E-state index contributed by atoms with van der Waals surface area (Å²) in [5.74, 6) is 0.252. The van der Waals surface area contributed by atoms with Crippen LogP contribution in [-0.4, -0.2) is 4.92 Å². The van der Waals surface area contributed by atoms with Crippen molar-refractivity contribution in [2.24, 2.45) is 5.73 Å². The lowest BCUT2D eigenvalue weighted by Gasteiger charge is -2.26. The maximum absolute atomic E-state index is 10.8. The maximum Gasteiger partial charge on any atom is 0.269 e. The van der Waals surface area contributed by atoms with E-state index in [4.69, 9.17) is 10.5 Å². The molecule has 1 aliphatic rings. The number of hydrogen-bond donors (Lipinski definition) is 1. The molecule has 1 atom stereocenters. The predicted molar refractivity (Wildman–Crippen MR) is 78.8 cm³/mol. The minimum absolute atomic E-state index is 0.000413. The number of ether oxygens (including phenoxy) is 1. The summed E-state index contributed by atoms with van der Waals surface area (Å²) in [6, 6.07) is 15.5. The van der Waals surface area contributed by atoms with Crippen LogP contribution in [0.15, 0.2) is 60.0 Å². The van der Waals surface area contributed by atoms with E-state index in [1.807, 2.05) is 18.2 Å². The number of non-ortho nitro benzene ring substituents is 1. The Balaban J connectivity index is 2.15. The summed E-state index contributed by atoms with van der Waals surface area (Å²) in [6.45, 7) is 0. The van der Waals surface area contributed by atoms with Crippen LogP contribution in [0, 0.1) is 21.4 Å². The highest BCUT2D eigenvalue weighted by molar-refractivity contribution is 5.56. The lowest BCUT2D eigenvalue weighted by molar-refractivity contribution is -0.384. The number of fused-ring (bicyclic) bond motifs is 1. The van der Waals surface area contributed by atoms with Gasteiger partial charge in [-0.2, -0.15) is 5.26 Å². The van der Waals surface area contributed by atoms with Crippen molar-refractivity contribution in [3.05, 3.63) is 81.2 Å². The van der Waals surface area contributed by atoms with E-state index in [1.165, 1.54) is 12.1 Å². The Hall–Kier alpha value is -3.33. The van der Waals surface area contributed by atoms with Gasteiger partial charge in [0.15, 0.2) is 0 Å². The van der Waals surface area contributed by atoms with Crippen molar-refractivity contribution in [3.8, 4) is 11.8 Å². The number of hydrogen-bond acceptors (Lipinski definition) is 5. The second-order valence-electron chi connectivity index (χ2n) is 4.81. The fourth-order valence-electron chi connectivity index (χ4n) is 2.54. The molecular formula is C16H11N3O3. The largest absolute Gasteiger partial charge is 0.440 e. The summed E-state index contributed by atoms with van der Waals surface area (Å²) in [5.41, 5.74) is 7.69. The first-order valence-electron chi connectivity index (χ1n) is 6.52. The number of nitro groups is 1. The topological polar surface area (TPSA) is 102 Å². The smallest absolute Gasteiger partial charge is 0.269 e. The molecule has 108 valence electrons. The van der Waals surface area contributed by atoms with Gasteiger partial charge in [-0.05, 0) is 11.6 Å². The predicted octanol–water partition coefficient (Wildman–Crippen LogP) is 2.81. The zero-order chi connectivity index (χ0) is 15.7. The molecule has 0 amide bonds. The number of nitrogens with zero attached hydrogens (tertiary/aromatic N) is 2. The first-order chi connectivity index (χ1) is 10.6. The van der Waals surface area contributed by atoms with Gasteiger partial charge in [-0.3, -0.25) is 10.1 Å². The molecule has 0 saturated carbocycles. The Morgan fingerprint density at radius 1 is 1.18 bits per heavy atom. The Morgan fingerprint density at radius 2 is 1.86 bits per heavy atom. The van der Waals surface area contributed by atoms with Crippen molar-refractivity contribution in [1.82, 2.24) is 0 Å². The minimum atomic E-state index is -0.461. The Morgan fingerprint density at radius 3 is 2.50 bits per heavy atom. The molecule has 0 radical (unpaired) electrons. The van der Waals surface area contributed by atoms with Crippen LogP contribution in [0.1, 0.15) is 17.0 Å². The normalized spacial score (nSPS) is 16.4. The first-order valence-corrected chi connectivity index (χ1v) is 6.52. The van der Waals surface area contributed by atoms with E-state index >= 15 is 0 Å². The second-order valence-corrected chi connectivity index (χ2v) is 4.81. The van der Waals surface area contributed by atoms with Gasteiger partial charge in [0.1, 0.15) is 17.4 Å². The fraction of sp³-hybridized carbons (Fsp3) is 0.0625. The van der Waals surface area contributed by atoms with E-state index in [9.17, 15) is 15.4 Å². The van der Waals surface area contributed by atoms with Gasteiger partial charge >= 0.3 is 0 Å². The lowest BCUT2D eigenvalue weighted by Crippen LogP contribution is -2.20. The van der Waals surface area contributed by atoms with E-state index in [-0.39, 0.29) is 11.6 Å². The molecule has 0 fully saturated rings. The van der Waals surface area contributed by atoms with Crippen LogP contribution in [0.5, 0.6) is 5.75 Å². The third-order valence-corrected chi connectivity index (χ3v) is 3.56. The highest BCUT2D eigenvalue weighted by Gasteiger charge is 2.30. The number of nitro benzene ring substituents is 1. The van der Waals surface area contributed by atoms with Gasteiger partial charge in [0, 0.05) is 17.7 Å². The number of nitrogens with two attached hydrogens (primary N) is 1. The van der Waals surface area contributed by atoms with Crippen LogP contribution in [0.3, 0.4) is 0 Å². The quantitative estimate of drug-likeness (QED) is 0.677. The maximum atomic E-state index is 10.8. The van der Waals surface area contributed by atoms with Gasteiger partial charge in [0.05, 0.1) is 10.8 Å². The SMILES string of the molecule is N#CC1=C(N)Oc2ccccc2[C@@H]1c1ccc([N+](=O)[O-])cc1. The van der Waals surface area contributed by atoms with Crippen molar-refractivity contribution in [1.29, 1.82) is 5.26 Å². The molecule has 0 unspecified atom stereocenters. The van der Waals surface area contributed by atoms with Crippen LogP contribution < -0.4 is 10.5 Å². The highest BCUT2D eigenvalue weighted by atomic mass is 16.6. The van der Waals surface area contributed by atoms with Crippen LogP contribution in [0.25, 0.3) is 0 Å². The second kappa shape index (κ2) is 5.22. The molecule has 6 heteroatoms. The molecule has 0 saturated heterocycles. The first kappa shape index (κ1) is 13.6. The summed E-state index contributed by atoms with van der Waals surface area (Å²) in [5, 5.41) is 20.1. The molecule has 2 aromatic carbocycles. The van der Waals surface area contributed by atoms with Crippen LogP contribution >= 0.6 is 0 Å². The summed E-state index contributed by atoms with van der Waals surface area (Å²) in [6.07, 6.45) is 0. The van der Waals surface area contributed by atoms with E-state index in [0.29, 0.717) is 11.3 Å². The molecule has 2 N–H and O–H groups in total. The average molecular weight is 293 g/mol. The zero-order valence-corrected chi connectivity index (χ0v) is 11.4. The zero-order valence-electron chi connectivity index (χ0n) is 11.4. The third-order valence-electron chi connectivity index (χ3n) is 3.56. The van der Waals surface area contributed by atoms with E-state index in [0.717, 1.165) is 11.1 Å². The molecule has 2 aromatic rings. The van der Waals surface area contributed by atoms with Crippen LogP contribution in [0.4, 0.5) is 5.69 Å². The Bertz CT molecular complexity index is 819. The number of para-hydroxylation sites is 1. The standard InChI is InChI=1S/C16H11N3O3/c17-9-13-15(10-5-7-11(8-6-10)19(20)21)12-3-1-2-4-14(12)22-16(13)18/h1-8,15H,18H2/t15-/m0/s1. The van der Waals surface area contributed by atoms with Crippen molar-refractivity contribution >= 4 is 5.69 Å². The number of nitriles is 1. The van der Waals surface area contributed by atoms with Crippen molar-refractivity contribution in [2.45, 2.75) is 5.92 Å². The molecule has 6 nitrogen and oxygen atoms in total. The summed E-state index contributed by atoms with van der Waals surface area (Å²) in [4.78, 5) is 10.3. The van der Waals surface area contributed by atoms with Gasteiger partial charge in [-0.25, -0.2) is 0 Å². The van der Waals surface area contributed by atoms with Gasteiger partial charge in [-0.1, -0.05) is 30.3 Å². The van der Waals surface area contributed by atoms with Gasteiger partial charge in [0.2, 0.25) is 5.88 Å². The number of benzene rings is 2. The third kappa shape index (κ3) is 2.15. The van der Waals surface area contributed by atoms with Gasteiger partial charge < -0.3 is 10.5 Å². The molecular weight excluding hydrogens is 282 g/mol. The lowest BCUT2D eigenvalue weighted by atomic mass is 9.83. The van der Waals surface area contributed by atoms with E-state index in [2.05, 4.69) is 6.07 Å². The van der Waals surface area contributed by atoms with E-state index in [1.54, 1.807) is 18.2 Å². The summed E-state index contributed by atoms with van der Waals surface area (Å²) < 4.78 is 5.48. The summed E-state index contributed by atoms with van der Waals surface area (Å²) in [7, 11) is 0. The van der Waals surface area contributed by atoms with E-state index < -0.39 is 10.8 Å². The van der Waals surface area contributed by atoms with Gasteiger partial charge in [0.25, 0.3) is 5.69 Å². The van der Waals surface area contributed by atoms with Crippen molar-refractivity contribution < 1.29 is 9.66 Å². The molecule has 22 heavy (non-hydrogen) atoms. The minimum Gasteiger partial charge on any atom is -0.440 e. The van der Waals surface area contributed by atoms with Crippen LogP contribution in [-0.2, 0) is 0 Å². The Kier molecular flexibility index (Phi) is 3.24. The van der Waals surface area contributed by atoms with Crippen molar-refractivity contribution in [2.75, 3.05) is 0 Å². The highest BCUT2D eigenvalue weighted by Crippen LogP contribution is 2.41. The van der Waals surface area contributed by atoms with Crippen LogP contribution in [0.2, 0.25) is 0 Å².